The third-order valence-electron chi connectivity index (χ3n) is 3.09. The summed E-state index contributed by atoms with van der Waals surface area (Å²) in [5.41, 5.74) is -0.332. The van der Waals surface area contributed by atoms with E-state index in [4.69, 9.17) is 0 Å². The van der Waals surface area contributed by atoms with Crippen LogP contribution in [0.15, 0.2) is 42.5 Å². The number of hydrogen-bond acceptors (Lipinski definition) is 1. The Balaban J connectivity index is 2.30. The number of alkyl halides is 3. The fourth-order valence-corrected chi connectivity index (χ4v) is 1.95. The summed E-state index contributed by atoms with van der Waals surface area (Å²) in [6.07, 6.45) is -4.96. The van der Waals surface area contributed by atoms with Gasteiger partial charge in [0.15, 0.2) is 5.78 Å². The van der Waals surface area contributed by atoms with Gasteiger partial charge in [-0.1, -0.05) is 35.9 Å². The van der Waals surface area contributed by atoms with Crippen LogP contribution >= 0.6 is 0 Å². The molecule has 0 amide bonds. The van der Waals surface area contributed by atoms with Crippen molar-refractivity contribution in [2.24, 2.45) is 0 Å². The first kappa shape index (κ1) is 15.2. The van der Waals surface area contributed by atoms with Gasteiger partial charge in [0.25, 0.3) is 0 Å². The highest BCUT2D eigenvalue weighted by molar-refractivity contribution is 5.98. The van der Waals surface area contributed by atoms with Gasteiger partial charge in [-0.25, -0.2) is 4.39 Å². The van der Waals surface area contributed by atoms with Gasteiger partial charge in [0.1, 0.15) is 5.82 Å². The molecular weight excluding hydrogens is 284 g/mol. The van der Waals surface area contributed by atoms with Crippen LogP contribution in [0.3, 0.4) is 0 Å². The number of hydrogen-bond donors (Lipinski definition) is 0. The Morgan fingerprint density at radius 3 is 2.24 bits per heavy atom. The Morgan fingerprint density at radius 2 is 1.67 bits per heavy atom. The molecule has 0 aliphatic heterocycles. The molecule has 0 heterocycles. The molecule has 2 aromatic rings. The minimum atomic E-state index is -4.82. The first-order valence-corrected chi connectivity index (χ1v) is 6.23. The molecule has 2 aromatic carbocycles. The van der Waals surface area contributed by atoms with Gasteiger partial charge in [-0.2, -0.15) is 13.2 Å². The lowest BCUT2D eigenvalue weighted by Gasteiger charge is -2.10. The zero-order valence-corrected chi connectivity index (χ0v) is 11.2. The Hall–Kier alpha value is -2.17. The van der Waals surface area contributed by atoms with Crippen LogP contribution in [0.4, 0.5) is 17.6 Å². The van der Waals surface area contributed by atoms with Crippen molar-refractivity contribution in [3.63, 3.8) is 0 Å². The molecule has 0 aliphatic rings. The Kier molecular flexibility index (Phi) is 4.11. The molecule has 0 aromatic heterocycles. The maximum atomic E-state index is 13.8. The minimum Gasteiger partial charge on any atom is -0.294 e. The zero-order valence-electron chi connectivity index (χ0n) is 11.2. The van der Waals surface area contributed by atoms with Gasteiger partial charge < -0.3 is 0 Å². The van der Waals surface area contributed by atoms with Crippen LogP contribution in [0, 0.1) is 12.7 Å². The van der Waals surface area contributed by atoms with Crippen molar-refractivity contribution in [1.82, 2.24) is 0 Å². The van der Waals surface area contributed by atoms with Crippen LogP contribution in [0.25, 0.3) is 0 Å². The Bertz CT molecular complexity index is 657. The van der Waals surface area contributed by atoms with Crippen molar-refractivity contribution in [2.75, 3.05) is 0 Å². The largest absolute Gasteiger partial charge is 0.419 e. The third-order valence-corrected chi connectivity index (χ3v) is 3.09. The second-order valence-corrected chi connectivity index (χ2v) is 4.75. The molecule has 5 heteroatoms. The van der Waals surface area contributed by atoms with E-state index in [1.165, 1.54) is 0 Å². The fraction of sp³-hybridized carbons (Fsp3) is 0.188. The van der Waals surface area contributed by atoms with E-state index in [1.807, 2.05) is 6.92 Å². The number of benzene rings is 2. The maximum Gasteiger partial charge on any atom is 0.419 e. The molecule has 1 nitrogen and oxygen atoms in total. The molecule has 110 valence electrons. The first-order chi connectivity index (χ1) is 9.79. The molecule has 2 rings (SSSR count). The summed E-state index contributed by atoms with van der Waals surface area (Å²) in [5.74, 6) is -2.19. The normalized spacial score (nSPS) is 11.5. The summed E-state index contributed by atoms with van der Waals surface area (Å²) in [6, 6.07) is 9.68. The van der Waals surface area contributed by atoms with Gasteiger partial charge in [0, 0.05) is 6.42 Å². The molecule has 0 spiro atoms. The summed E-state index contributed by atoms with van der Waals surface area (Å²) in [5, 5.41) is 0. The lowest BCUT2D eigenvalue weighted by molar-refractivity contribution is -0.140. The number of ketones is 1. The van der Waals surface area contributed by atoms with Gasteiger partial charge in [-0.15, -0.1) is 0 Å². The summed E-state index contributed by atoms with van der Waals surface area (Å²) in [4.78, 5) is 12.0. The number of halogens is 4. The zero-order chi connectivity index (χ0) is 15.6. The van der Waals surface area contributed by atoms with E-state index in [-0.39, 0.29) is 6.42 Å². The number of carbonyl (C=O) groups is 1. The van der Waals surface area contributed by atoms with Crippen LogP contribution in [-0.4, -0.2) is 5.78 Å². The highest BCUT2D eigenvalue weighted by Crippen LogP contribution is 2.32. The van der Waals surface area contributed by atoms with E-state index in [9.17, 15) is 22.4 Å². The molecule has 0 saturated carbocycles. The van der Waals surface area contributed by atoms with E-state index in [0.29, 0.717) is 11.6 Å². The molecule has 0 bridgehead atoms. The molecule has 0 aliphatic carbocycles. The smallest absolute Gasteiger partial charge is 0.294 e. The first-order valence-electron chi connectivity index (χ1n) is 6.23. The highest BCUT2D eigenvalue weighted by atomic mass is 19.4. The van der Waals surface area contributed by atoms with E-state index in [0.717, 1.165) is 17.7 Å². The average Bonchev–Trinajstić information content (AvgIpc) is 2.40. The molecule has 0 unspecified atom stereocenters. The maximum absolute atomic E-state index is 13.8. The lowest BCUT2D eigenvalue weighted by Crippen LogP contribution is -2.13. The van der Waals surface area contributed by atoms with Gasteiger partial charge in [0.2, 0.25) is 0 Å². The number of rotatable bonds is 3. The van der Waals surface area contributed by atoms with Crippen LogP contribution in [-0.2, 0) is 12.6 Å². The van der Waals surface area contributed by atoms with Gasteiger partial charge in [0.05, 0.1) is 11.1 Å². The van der Waals surface area contributed by atoms with Crippen molar-refractivity contribution < 1.29 is 22.4 Å². The predicted octanol–water partition coefficient (Wildman–Crippen LogP) is 4.58. The van der Waals surface area contributed by atoms with E-state index >= 15 is 0 Å². The quantitative estimate of drug-likeness (QED) is 0.598. The van der Waals surface area contributed by atoms with E-state index in [1.54, 1.807) is 24.3 Å². The molecule has 0 saturated heterocycles. The SMILES string of the molecule is Cc1ccc(CC(=O)c2cccc(C(F)(F)F)c2F)cc1. The van der Waals surface area contributed by atoms with Crippen LogP contribution in [0.5, 0.6) is 0 Å². The van der Waals surface area contributed by atoms with Crippen LogP contribution < -0.4 is 0 Å². The lowest BCUT2D eigenvalue weighted by atomic mass is 9.99. The standard InChI is InChI=1S/C16H12F4O/c1-10-5-7-11(8-6-10)9-14(21)12-3-2-4-13(15(12)17)16(18,19)20/h2-8H,9H2,1H3. The average molecular weight is 296 g/mol. The number of Topliss-reactive ketones (excluding diaryl/α,β-unsaturated/α-hetero) is 1. The minimum absolute atomic E-state index is 0.140. The second kappa shape index (κ2) is 5.68. The predicted molar refractivity (Wildman–Crippen MR) is 70.6 cm³/mol. The fourth-order valence-electron chi connectivity index (χ4n) is 1.95. The Labute approximate surface area is 119 Å². The van der Waals surface area contributed by atoms with Crippen molar-refractivity contribution in [2.45, 2.75) is 19.5 Å². The summed E-state index contributed by atoms with van der Waals surface area (Å²) in [7, 11) is 0. The molecule has 0 atom stereocenters. The van der Waals surface area contributed by atoms with Crippen LogP contribution in [0.1, 0.15) is 27.0 Å². The summed E-state index contributed by atoms with van der Waals surface area (Å²) < 4.78 is 51.7. The van der Waals surface area contributed by atoms with Crippen molar-refractivity contribution in [1.29, 1.82) is 0 Å². The Morgan fingerprint density at radius 1 is 1.05 bits per heavy atom. The van der Waals surface area contributed by atoms with Crippen LogP contribution in [0.2, 0.25) is 0 Å². The van der Waals surface area contributed by atoms with Crippen molar-refractivity contribution >= 4 is 5.78 Å². The molecule has 0 N–H and O–H groups in total. The molecule has 0 fully saturated rings. The van der Waals surface area contributed by atoms with Crippen molar-refractivity contribution in [3.05, 3.63) is 70.5 Å². The summed E-state index contributed by atoms with van der Waals surface area (Å²) >= 11 is 0. The number of aryl methyl sites for hydroxylation is 1. The third kappa shape index (κ3) is 3.48. The van der Waals surface area contributed by atoms with Crippen molar-refractivity contribution in [3.8, 4) is 0 Å². The number of carbonyl (C=O) groups excluding carboxylic acids is 1. The topological polar surface area (TPSA) is 17.1 Å². The monoisotopic (exact) mass is 296 g/mol. The molecular formula is C16H12F4O. The second-order valence-electron chi connectivity index (χ2n) is 4.75. The molecule has 0 radical (unpaired) electrons. The van der Waals surface area contributed by atoms with Gasteiger partial charge in [-0.3, -0.25) is 4.79 Å². The van der Waals surface area contributed by atoms with E-state index in [2.05, 4.69) is 0 Å². The van der Waals surface area contributed by atoms with Gasteiger partial charge in [-0.05, 0) is 24.6 Å². The van der Waals surface area contributed by atoms with Gasteiger partial charge >= 0.3 is 6.18 Å². The van der Waals surface area contributed by atoms with E-state index < -0.39 is 28.9 Å². The molecule has 21 heavy (non-hydrogen) atoms. The summed E-state index contributed by atoms with van der Waals surface area (Å²) in [6.45, 7) is 1.87. The highest BCUT2D eigenvalue weighted by Gasteiger charge is 2.35.